The van der Waals surface area contributed by atoms with Gasteiger partial charge >= 0.3 is 5.97 Å². The lowest BCUT2D eigenvalue weighted by molar-refractivity contribution is 0.0696. The summed E-state index contributed by atoms with van der Waals surface area (Å²) in [6.07, 6.45) is 7.95. The van der Waals surface area contributed by atoms with E-state index in [0.29, 0.717) is 30.8 Å². The molecule has 9 heteroatoms. The lowest BCUT2D eigenvalue weighted by Crippen LogP contribution is -2.39. The highest BCUT2D eigenvalue weighted by atomic mass is 32.2. The van der Waals surface area contributed by atoms with Gasteiger partial charge in [0.25, 0.3) is 0 Å². The molecule has 1 aliphatic heterocycles. The third-order valence-corrected chi connectivity index (χ3v) is 5.72. The van der Waals surface area contributed by atoms with E-state index in [0.717, 1.165) is 18.5 Å². The molecule has 0 saturated carbocycles. The lowest BCUT2D eigenvalue weighted by Gasteiger charge is -2.30. The van der Waals surface area contributed by atoms with Crippen molar-refractivity contribution in [2.75, 3.05) is 19.3 Å². The Labute approximate surface area is 152 Å². The molecule has 1 saturated heterocycles. The molecule has 1 N–H and O–H groups in total. The molecular weight excluding hydrogens is 356 g/mol. The highest BCUT2D eigenvalue weighted by molar-refractivity contribution is 7.88. The van der Waals surface area contributed by atoms with Gasteiger partial charge in [-0.2, -0.15) is 0 Å². The van der Waals surface area contributed by atoms with Crippen LogP contribution in [-0.2, 0) is 16.4 Å². The van der Waals surface area contributed by atoms with Gasteiger partial charge in [0.1, 0.15) is 6.33 Å². The summed E-state index contributed by atoms with van der Waals surface area (Å²) in [7, 11) is -3.18. The fourth-order valence-electron chi connectivity index (χ4n) is 3.15. The normalized spacial score (nSPS) is 18.6. The van der Waals surface area contributed by atoms with Crippen LogP contribution in [0.4, 0.5) is 0 Å². The summed E-state index contributed by atoms with van der Waals surface area (Å²) >= 11 is 0. The SMILES string of the molecule is CS(=O)(=O)N1CCC[C@@H](Cc2cc(-c3cncc(C(=O)O)c3)ncn2)C1. The molecule has 3 rings (SSSR count). The second-order valence-corrected chi connectivity index (χ2v) is 8.48. The smallest absolute Gasteiger partial charge is 0.337 e. The first kappa shape index (κ1) is 18.4. The van der Waals surface area contributed by atoms with Crippen molar-refractivity contribution >= 4 is 16.0 Å². The Kier molecular flexibility index (Phi) is 5.28. The minimum atomic E-state index is -3.18. The second-order valence-electron chi connectivity index (χ2n) is 6.50. The zero-order valence-electron chi connectivity index (χ0n) is 14.4. The minimum Gasteiger partial charge on any atom is -0.478 e. The van der Waals surface area contributed by atoms with Crippen molar-refractivity contribution in [2.45, 2.75) is 19.3 Å². The van der Waals surface area contributed by atoms with Gasteiger partial charge in [0, 0.05) is 36.7 Å². The average Bonchev–Trinajstić information content (AvgIpc) is 2.61. The molecule has 1 atom stereocenters. The summed E-state index contributed by atoms with van der Waals surface area (Å²) in [6, 6.07) is 3.33. The molecule has 1 fully saturated rings. The monoisotopic (exact) mass is 376 g/mol. The van der Waals surface area contributed by atoms with Crippen LogP contribution in [0.1, 0.15) is 28.9 Å². The van der Waals surface area contributed by atoms with Gasteiger partial charge in [0.05, 0.1) is 17.5 Å². The third-order valence-electron chi connectivity index (χ3n) is 4.45. The van der Waals surface area contributed by atoms with Gasteiger partial charge in [-0.25, -0.2) is 27.5 Å². The number of carbonyl (C=O) groups is 1. The summed E-state index contributed by atoms with van der Waals surface area (Å²) in [5.41, 5.74) is 2.10. The van der Waals surface area contributed by atoms with Gasteiger partial charge in [-0.15, -0.1) is 0 Å². The highest BCUT2D eigenvalue weighted by Crippen LogP contribution is 2.23. The number of hydrogen-bond acceptors (Lipinski definition) is 6. The lowest BCUT2D eigenvalue weighted by atomic mass is 9.94. The summed E-state index contributed by atoms with van der Waals surface area (Å²) < 4.78 is 25.0. The van der Waals surface area contributed by atoms with Crippen LogP contribution in [0.3, 0.4) is 0 Å². The van der Waals surface area contributed by atoms with Crippen molar-refractivity contribution in [3.05, 3.63) is 42.1 Å². The van der Waals surface area contributed by atoms with Crippen LogP contribution in [0.5, 0.6) is 0 Å². The maximum absolute atomic E-state index is 11.8. The molecule has 0 spiro atoms. The molecule has 0 radical (unpaired) electrons. The van der Waals surface area contributed by atoms with E-state index in [1.54, 1.807) is 6.20 Å². The number of pyridine rings is 1. The number of nitrogens with zero attached hydrogens (tertiary/aromatic N) is 4. The number of carboxylic acids is 1. The molecule has 0 bridgehead atoms. The van der Waals surface area contributed by atoms with Crippen LogP contribution in [0.15, 0.2) is 30.9 Å². The van der Waals surface area contributed by atoms with Gasteiger partial charge in [0.2, 0.25) is 10.0 Å². The first-order valence-corrected chi connectivity index (χ1v) is 10.1. The number of rotatable bonds is 5. The van der Waals surface area contributed by atoms with Gasteiger partial charge < -0.3 is 5.11 Å². The topological polar surface area (TPSA) is 113 Å². The van der Waals surface area contributed by atoms with Crippen LogP contribution >= 0.6 is 0 Å². The largest absolute Gasteiger partial charge is 0.478 e. The van der Waals surface area contributed by atoms with Crippen molar-refractivity contribution in [3.63, 3.8) is 0 Å². The predicted octanol–water partition coefficient (Wildman–Crippen LogP) is 1.45. The van der Waals surface area contributed by atoms with E-state index >= 15 is 0 Å². The fourth-order valence-corrected chi connectivity index (χ4v) is 4.10. The maximum atomic E-state index is 11.8. The first-order valence-electron chi connectivity index (χ1n) is 8.27. The zero-order valence-corrected chi connectivity index (χ0v) is 15.2. The van der Waals surface area contributed by atoms with Crippen molar-refractivity contribution in [1.29, 1.82) is 0 Å². The molecule has 2 aromatic heterocycles. The van der Waals surface area contributed by atoms with Crippen LogP contribution in [0.25, 0.3) is 11.3 Å². The van der Waals surface area contributed by atoms with E-state index < -0.39 is 16.0 Å². The fraction of sp³-hybridized carbons (Fsp3) is 0.412. The number of sulfonamides is 1. The van der Waals surface area contributed by atoms with E-state index in [-0.39, 0.29) is 11.5 Å². The van der Waals surface area contributed by atoms with Gasteiger partial charge in [-0.1, -0.05) is 0 Å². The Morgan fingerprint density at radius 1 is 1.31 bits per heavy atom. The standard InChI is InChI=1S/C17H20N4O4S/c1-26(24,25)21-4-2-3-12(10-21)5-15-7-16(20-11-19-15)13-6-14(17(22)23)9-18-8-13/h6-9,11-12H,2-5,10H2,1H3,(H,22,23)/t12-/m0/s1. The molecule has 1 aliphatic rings. The first-order chi connectivity index (χ1) is 12.3. The van der Waals surface area contributed by atoms with E-state index in [1.165, 1.54) is 29.2 Å². The van der Waals surface area contributed by atoms with Crippen molar-refractivity contribution in [2.24, 2.45) is 5.92 Å². The molecule has 138 valence electrons. The van der Waals surface area contributed by atoms with E-state index in [4.69, 9.17) is 5.11 Å². The molecule has 8 nitrogen and oxygen atoms in total. The highest BCUT2D eigenvalue weighted by Gasteiger charge is 2.26. The Morgan fingerprint density at radius 3 is 2.85 bits per heavy atom. The Hall–Kier alpha value is -2.39. The Bertz CT molecular complexity index is 916. The summed E-state index contributed by atoms with van der Waals surface area (Å²) in [4.78, 5) is 23.5. The van der Waals surface area contributed by atoms with Crippen LogP contribution in [-0.4, -0.2) is 58.1 Å². The van der Waals surface area contributed by atoms with Crippen molar-refractivity contribution in [1.82, 2.24) is 19.3 Å². The Balaban J connectivity index is 1.77. The molecule has 26 heavy (non-hydrogen) atoms. The minimum absolute atomic E-state index is 0.0961. The van der Waals surface area contributed by atoms with Crippen molar-refractivity contribution < 1.29 is 18.3 Å². The molecule has 2 aromatic rings. The molecule has 0 unspecified atom stereocenters. The van der Waals surface area contributed by atoms with E-state index in [1.807, 2.05) is 6.07 Å². The number of piperidine rings is 1. The van der Waals surface area contributed by atoms with Crippen LogP contribution in [0.2, 0.25) is 0 Å². The number of hydrogen-bond donors (Lipinski definition) is 1. The van der Waals surface area contributed by atoms with Gasteiger partial charge in [-0.3, -0.25) is 4.98 Å². The van der Waals surface area contributed by atoms with Gasteiger partial charge in [0.15, 0.2) is 0 Å². The number of carboxylic acid groups (broad SMARTS) is 1. The second kappa shape index (κ2) is 7.46. The molecule has 0 aliphatic carbocycles. The molecular formula is C17H20N4O4S. The van der Waals surface area contributed by atoms with Crippen molar-refractivity contribution in [3.8, 4) is 11.3 Å². The summed E-state index contributed by atoms with van der Waals surface area (Å²) in [5.74, 6) is -0.846. The zero-order chi connectivity index (χ0) is 18.7. The Morgan fingerprint density at radius 2 is 2.12 bits per heavy atom. The van der Waals surface area contributed by atoms with Gasteiger partial charge in [-0.05, 0) is 37.3 Å². The molecule has 3 heterocycles. The summed E-state index contributed by atoms with van der Waals surface area (Å²) in [5, 5.41) is 9.09. The number of aromatic carboxylic acids is 1. The quantitative estimate of drug-likeness (QED) is 0.840. The van der Waals surface area contributed by atoms with Crippen LogP contribution < -0.4 is 0 Å². The van der Waals surface area contributed by atoms with Crippen LogP contribution in [0, 0.1) is 5.92 Å². The number of aromatic nitrogens is 3. The predicted molar refractivity (Wildman–Crippen MR) is 95.1 cm³/mol. The molecule has 0 aromatic carbocycles. The summed E-state index contributed by atoms with van der Waals surface area (Å²) in [6.45, 7) is 1.06. The third kappa shape index (κ3) is 4.41. The molecule has 0 amide bonds. The average molecular weight is 376 g/mol. The van der Waals surface area contributed by atoms with E-state index in [9.17, 15) is 13.2 Å². The maximum Gasteiger partial charge on any atom is 0.337 e. The van der Waals surface area contributed by atoms with E-state index in [2.05, 4.69) is 15.0 Å².